The number of aromatic nitrogens is 2. The van der Waals surface area contributed by atoms with Gasteiger partial charge in [-0.25, -0.2) is 9.78 Å². The molecule has 9 nitrogen and oxygen atoms in total. The number of hydrogen-bond acceptors (Lipinski definition) is 8. The third-order valence-corrected chi connectivity index (χ3v) is 4.92. The molecule has 1 aromatic heterocycles. The van der Waals surface area contributed by atoms with E-state index >= 15 is 0 Å². The number of esters is 1. The van der Waals surface area contributed by atoms with Gasteiger partial charge in [0.15, 0.2) is 23.0 Å². The minimum absolute atomic E-state index is 0. The first-order valence-electron chi connectivity index (χ1n) is 9.89. The Hall–Kier alpha value is -3.43. The molecule has 0 fully saturated rings. The van der Waals surface area contributed by atoms with Crippen molar-refractivity contribution < 1.29 is 29.2 Å². The van der Waals surface area contributed by atoms with Crippen molar-refractivity contribution in [1.82, 2.24) is 9.55 Å². The van der Waals surface area contributed by atoms with Gasteiger partial charge in [-0.3, -0.25) is 0 Å². The molecule has 4 rings (SSSR count). The maximum absolute atomic E-state index is 12.0. The smallest absolute Gasteiger partial charge is 0.338 e. The van der Waals surface area contributed by atoms with Gasteiger partial charge < -0.3 is 34.7 Å². The molecule has 3 aromatic rings. The number of phenolic OH excluding ortho intramolecular Hbond substituents is 2. The number of fused-ring (bicyclic) bond motifs is 1. The van der Waals surface area contributed by atoms with Crippen LogP contribution >= 0.6 is 12.4 Å². The quantitative estimate of drug-likeness (QED) is 0.362. The van der Waals surface area contributed by atoms with E-state index in [1.54, 1.807) is 42.1 Å². The van der Waals surface area contributed by atoms with Gasteiger partial charge in [-0.15, -0.1) is 12.4 Å². The predicted molar refractivity (Wildman–Crippen MR) is 118 cm³/mol. The summed E-state index contributed by atoms with van der Waals surface area (Å²) in [5.74, 6) is -0.0462. The fourth-order valence-corrected chi connectivity index (χ4v) is 3.45. The molecule has 10 heteroatoms. The topological polar surface area (TPSA) is 129 Å². The molecular formula is C22H24ClN3O6. The molecule has 0 spiro atoms. The Morgan fingerprint density at radius 3 is 2.69 bits per heavy atom. The van der Waals surface area contributed by atoms with Gasteiger partial charge in [0.2, 0.25) is 0 Å². The minimum Gasteiger partial charge on any atom is -0.504 e. The van der Waals surface area contributed by atoms with Crippen LogP contribution in [0.3, 0.4) is 0 Å². The number of hydrogen-bond donors (Lipinski definition) is 3. The van der Waals surface area contributed by atoms with E-state index in [4.69, 9.17) is 19.9 Å². The Morgan fingerprint density at radius 1 is 1.19 bits per heavy atom. The summed E-state index contributed by atoms with van der Waals surface area (Å²) in [5, 5.41) is 19.7. The maximum atomic E-state index is 12.0. The number of imidazole rings is 1. The summed E-state index contributed by atoms with van der Waals surface area (Å²) in [4.78, 5) is 16.4. The van der Waals surface area contributed by atoms with Crippen molar-refractivity contribution in [3.05, 3.63) is 65.7 Å². The number of carbonyl (C=O) groups excluding carboxylic acids is 1. The number of nitrogens with two attached hydrogens (primary N) is 1. The summed E-state index contributed by atoms with van der Waals surface area (Å²) < 4.78 is 18.9. The van der Waals surface area contributed by atoms with Crippen molar-refractivity contribution in [1.29, 1.82) is 0 Å². The summed E-state index contributed by atoms with van der Waals surface area (Å²) >= 11 is 0. The summed E-state index contributed by atoms with van der Waals surface area (Å²) in [6.07, 6.45) is 3.27. The highest BCUT2D eigenvalue weighted by Crippen LogP contribution is 2.41. The molecule has 2 atom stereocenters. The monoisotopic (exact) mass is 461 g/mol. The van der Waals surface area contributed by atoms with Gasteiger partial charge >= 0.3 is 5.97 Å². The second-order valence-corrected chi connectivity index (χ2v) is 7.03. The Bertz CT molecular complexity index is 1100. The zero-order valence-corrected chi connectivity index (χ0v) is 18.1. The van der Waals surface area contributed by atoms with Gasteiger partial charge in [-0.1, -0.05) is 6.07 Å². The lowest BCUT2D eigenvalue weighted by Crippen LogP contribution is -2.31. The highest BCUT2D eigenvalue weighted by atomic mass is 35.5. The Balaban J connectivity index is 0.00000289. The van der Waals surface area contributed by atoms with Crippen LogP contribution in [0.4, 0.5) is 0 Å². The lowest BCUT2D eigenvalue weighted by molar-refractivity contribution is 0.0147. The van der Waals surface area contributed by atoms with Crippen molar-refractivity contribution in [2.24, 2.45) is 5.73 Å². The zero-order chi connectivity index (χ0) is 22.0. The normalized spacial score (nSPS) is 15.1. The Kier molecular flexibility index (Phi) is 7.12. The molecule has 0 aliphatic carbocycles. The van der Waals surface area contributed by atoms with Crippen LogP contribution in [0.2, 0.25) is 0 Å². The molecule has 0 saturated carbocycles. The third kappa shape index (κ3) is 4.58. The Labute approximate surface area is 190 Å². The van der Waals surface area contributed by atoms with Crippen molar-refractivity contribution in [3.63, 3.8) is 0 Å². The van der Waals surface area contributed by atoms with Crippen molar-refractivity contribution in [2.75, 3.05) is 13.2 Å². The molecule has 2 aromatic carbocycles. The number of halogens is 1. The lowest BCUT2D eigenvalue weighted by atomic mass is 10.1. The van der Waals surface area contributed by atoms with Crippen LogP contribution in [-0.2, 0) is 11.2 Å². The number of aromatic hydroxyl groups is 2. The zero-order valence-electron chi connectivity index (χ0n) is 17.3. The molecular weight excluding hydrogens is 438 g/mol. The van der Waals surface area contributed by atoms with Crippen molar-refractivity contribution in [3.8, 4) is 23.0 Å². The molecule has 0 radical (unpaired) electrons. The van der Waals surface area contributed by atoms with E-state index in [9.17, 15) is 15.0 Å². The largest absolute Gasteiger partial charge is 0.504 e. The van der Waals surface area contributed by atoms with Crippen LogP contribution in [0.1, 0.15) is 34.6 Å². The van der Waals surface area contributed by atoms with Gasteiger partial charge in [0.05, 0.1) is 24.2 Å². The maximum Gasteiger partial charge on any atom is 0.338 e. The molecule has 0 saturated heterocycles. The molecule has 2 heterocycles. The number of benzene rings is 2. The summed E-state index contributed by atoms with van der Waals surface area (Å²) in [6.45, 7) is 2.47. The summed E-state index contributed by atoms with van der Waals surface area (Å²) in [5.41, 5.74) is 7.43. The minimum atomic E-state index is -0.809. The SMILES string of the molecule is CCOC(=O)c1ccc2c(c1)OC(C(c1ccc(O)c(O)c1)n1cnc(CCN)c1)O2.Cl. The van der Waals surface area contributed by atoms with E-state index in [1.165, 1.54) is 12.1 Å². The highest BCUT2D eigenvalue weighted by molar-refractivity contribution is 5.90. The van der Waals surface area contributed by atoms with Crippen LogP contribution in [0, 0.1) is 0 Å². The molecule has 1 aliphatic rings. The van der Waals surface area contributed by atoms with Gasteiger partial charge in [-0.05, 0) is 49.4 Å². The molecule has 170 valence electrons. The number of ether oxygens (including phenoxy) is 3. The average Bonchev–Trinajstić information content (AvgIpc) is 3.38. The van der Waals surface area contributed by atoms with E-state index in [0.29, 0.717) is 35.6 Å². The van der Waals surface area contributed by atoms with E-state index < -0.39 is 18.3 Å². The standard InChI is InChI=1S/C22H23N3O6.ClH/c1-2-29-21(28)14-4-6-18-19(10-14)31-22(30-18)20(13-3-5-16(26)17(27)9-13)25-11-15(7-8-23)24-12-25;/h3-6,9-12,20,22,26-27H,2,7-8,23H2,1H3;1H. The van der Waals surface area contributed by atoms with Crippen LogP contribution < -0.4 is 15.2 Å². The van der Waals surface area contributed by atoms with Gasteiger partial charge in [0, 0.05) is 12.6 Å². The number of rotatable bonds is 7. The molecule has 32 heavy (non-hydrogen) atoms. The van der Waals surface area contributed by atoms with E-state index in [1.807, 2.05) is 6.20 Å². The number of carbonyl (C=O) groups is 1. The van der Waals surface area contributed by atoms with Crippen LogP contribution in [0.15, 0.2) is 48.9 Å². The van der Waals surface area contributed by atoms with E-state index in [2.05, 4.69) is 4.98 Å². The summed E-state index contributed by atoms with van der Waals surface area (Å²) in [6, 6.07) is 8.82. The van der Waals surface area contributed by atoms with Crippen molar-refractivity contribution in [2.45, 2.75) is 25.7 Å². The first-order chi connectivity index (χ1) is 15.0. The molecule has 4 N–H and O–H groups in total. The molecule has 1 aliphatic heterocycles. The van der Waals surface area contributed by atoms with Gasteiger partial charge in [-0.2, -0.15) is 0 Å². The van der Waals surface area contributed by atoms with Crippen molar-refractivity contribution >= 4 is 18.4 Å². The van der Waals surface area contributed by atoms with Crippen LogP contribution in [0.25, 0.3) is 0 Å². The van der Waals surface area contributed by atoms with Gasteiger partial charge in [0.1, 0.15) is 6.04 Å². The molecule has 2 unspecified atom stereocenters. The molecule has 0 amide bonds. The molecule has 0 bridgehead atoms. The first-order valence-corrected chi connectivity index (χ1v) is 9.89. The average molecular weight is 462 g/mol. The van der Waals surface area contributed by atoms with E-state index in [0.717, 1.165) is 5.69 Å². The lowest BCUT2D eigenvalue weighted by Gasteiger charge is -2.24. The number of nitrogens with zero attached hydrogens (tertiary/aromatic N) is 2. The van der Waals surface area contributed by atoms with Gasteiger partial charge in [0.25, 0.3) is 6.29 Å². The third-order valence-electron chi connectivity index (χ3n) is 4.92. The number of phenols is 2. The van der Waals surface area contributed by atoms with E-state index in [-0.39, 0.29) is 30.5 Å². The predicted octanol–water partition coefficient (Wildman–Crippen LogP) is 2.78. The Morgan fingerprint density at radius 2 is 1.97 bits per heavy atom. The highest BCUT2D eigenvalue weighted by Gasteiger charge is 2.35. The fraction of sp³-hybridized carbons (Fsp3) is 0.273. The fourth-order valence-electron chi connectivity index (χ4n) is 3.45. The summed E-state index contributed by atoms with van der Waals surface area (Å²) in [7, 11) is 0. The first kappa shape index (κ1) is 23.2. The second kappa shape index (κ2) is 9.80. The second-order valence-electron chi connectivity index (χ2n) is 7.03. The van der Waals surface area contributed by atoms with Crippen LogP contribution in [-0.4, -0.2) is 45.2 Å². The van der Waals surface area contributed by atoms with Crippen LogP contribution in [0.5, 0.6) is 23.0 Å².